The maximum Gasteiger partial charge on any atom is 0.416 e. The molecule has 0 bridgehead atoms. The number of hydrogen-bond donors (Lipinski definition) is 3. The number of benzene rings is 2. The van der Waals surface area contributed by atoms with Crippen LogP contribution in [0, 0.1) is 5.82 Å². The second kappa shape index (κ2) is 11.0. The van der Waals surface area contributed by atoms with E-state index in [1.54, 1.807) is 37.3 Å². The van der Waals surface area contributed by atoms with Crippen molar-refractivity contribution in [1.82, 2.24) is 15.6 Å². The summed E-state index contributed by atoms with van der Waals surface area (Å²) >= 11 is 5.99. The predicted molar refractivity (Wildman–Crippen MR) is 124 cm³/mol. The van der Waals surface area contributed by atoms with Gasteiger partial charge in [-0.1, -0.05) is 48.9 Å². The number of aliphatic hydroxyl groups excluding tert-OH is 1. The predicted octanol–water partition coefficient (Wildman–Crippen LogP) is 5.45. The van der Waals surface area contributed by atoms with Gasteiger partial charge in [-0.15, -0.1) is 0 Å². The molecule has 0 spiro atoms. The Hall–Kier alpha value is -3.17. The summed E-state index contributed by atoms with van der Waals surface area (Å²) in [6.07, 6.45) is -3.17. The van der Waals surface area contributed by atoms with Crippen LogP contribution in [0.5, 0.6) is 0 Å². The van der Waals surface area contributed by atoms with E-state index in [4.69, 9.17) is 11.6 Å². The number of carbonyl (C=O) groups is 1. The van der Waals surface area contributed by atoms with Gasteiger partial charge in [0.1, 0.15) is 11.4 Å². The molecule has 3 aromatic rings. The van der Waals surface area contributed by atoms with Crippen molar-refractivity contribution in [3.8, 4) is 0 Å². The smallest absolute Gasteiger partial charge is 0.394 e. The average Bonchev–Trinajstić information content (AvgIpc) is 2.82. The first-order chi connectivity index (χ1) is 16.6. The highest BCUT2D eigenvalue weighted by Gasteiger charge is 2.41. The summed E-state index contributed by atoms with van der Waals surface area (Å²) in [5.74, 6) is -1.12. The molecule has 3 rings (SSSR count). The molecule has 2 amide bonds. The van der Waals surface area contributed by atoms with E-state index >= 15 is 0 Å². The maximum atomic E-state index is 14.6. The van der Waals surface area contributed by atoms with E-state index in [0.29, 0.717) is 18.1 Å². The Morgan fingerprint density at radius 1 is 1.09 bits per heavy atom. The molecule has 0 aliphatic heterocycles. The average molecular weight is 510 g/mol. The lowest BCUT2D eigenvalue weighted by molar-refractivity contribution is -0.137. The Bertz CT molecular complexity index is 1140. The topological polar surface area (TPSA) is 74.2 Å². The fraction of sp³-hybridized carbons (Fsp3) is 0.280. The van der Waals surface area contributed by atoms with Crippen LogP contribution in [0.2, 0.25) is 5.02 Å². The largest absolute Gasteiger partial charge is 0.416 e. The summed E-state index contributed by atoms with van der Waals surface area (Å²) in [6.45, 7) is 1.41. The van der Waals surface area contributed by atoms with Gasteiger partial charge in [0.05, 0.1) is 28.9 Å². The van der Waals surface area contributed by atoms with Crippen molar-refractivity contribution < 1.29 is 27.5 Å². The van der Waals surface area contributed by atoms with E-state index in [1.807, 2.05) is 0 Å². The monoisotopic (exact) mass is 509 g/mol. The minimum atomic E-state index is -4.82. The molecule has 5 nitrogen and oxygen atoms in total. The number of amides is 2. The number of pyridine rings is 1. The highest BCUT2D eigenvalue weighted by molar-refractivity contribution is 6.30. The molecule has 0 saturated heterocycles. The van der Waals surface area contributed by atoms with Crippen molar-refractivity contribution in [3.05, 3.63) is 100 Å². The van der Waals surface area contributed by atoms with E-state index in [2.05, 4.69) is 15.6 Å². The van der Waals surface area contributed by atoms with Gasteiger partial charge in [-0.2, -0.15) is 13.2 Å². The van der Waals surface area contributed by atoms with Crippen molar-refractivity contribution in [1.29, 1.82) is 0 Å². The second-order valence-electron chi connectivity index (χ2n) is 8.04. The van der Waals surface area contributed by atoms with Crippen LogP contribution < -0.4 is 10.6 Å². The lowest BCUT2D eigenvalue weighted by atomic mass is 9.79. The van der Waals surface area contributed by atoms with Crippen LogP contribution in [-0.2, 0) is 18.1 Å². The molecule has 3 N–H and O–H groups in total. The van der Waals surface area contributed by atoms with E-state index in [-0.39, 0.29) is 29.3 Å². The summed E-state index contributed by atoms with van der Waals surface area (Å²) in [5, 5.41) is 15.1. The van der Waals surface area contributed by atoms with E-state index in [9.17, 15) is 27.5 Å². The third-order valence-electron chi connectivity index (χ3n) is 5.57. The van der Waals surface area contributed by atoms with Crippen LogP contribution in [0.25, 0.3) is 0 Å². The molecule has 0 radical (unpaired) electrons. The van der Waals surface area contributed by atoms with Gasteiger partial charge >= 0.3 is 12.2 Å². The highest BCUT2D eigenvalue weighted by Crippen LogP contribution is 2.37. The number of nitrogens with one attached hydrogen (secondary N) is 2. The Labute approximate surface area is 205 Å². The minimum absolute atomic E-state index is 0.0490. The standard InChI is InChI=1S/C25H24ClF4N3O2/c1-2-21(15-34)32-23(35)33-24(13-16-6-4-3-5-7-16,22-9-8-19(26)14-31-22)17-10-18(25(28,29)30)12-20(27)11-17/h3-12,14,21,34H,2,13,15H2,1H3,(H2,32,33,35)/t21?,24-/m1/s1. The lowest BCUT2D eigenvalue weighted by Crippen LogP contribution is -2.54. The van der Waals surface area contributed by atoms with Gasteiger partial charge in [-0.05, 0) is 47.9 Å². The van der Waals surface area contributed by atoms with E-state index in [0.717, 1.165) is 12.1 Å². The molecule has 1 aromatic heterocycles. The molecule has 35 heavy (non-hydrogen) atoms. The van der Waals surface area contributed by atoms with Gasteiger partial charge in [0.25, 0.3) is 0 Å². The van der Waals surface area contributed by atoms with Gasteiger partial charge < -0.3 is 15.7 Å². The first kappa shape index (κ1) is 26.4. The van der Waals surface area contributed by atoms with E-state index in [1.165, 1.54) is 18.3 Å². The number of hydrogen-bond acceptors (Lipinski definition) is 3. The Kier molecular flexibility index (Phi) is 8.34. The van der Waals surface area contributed by atoms with Gasteiger partial charge in [0.15, 0.2) is 0 Å². The molecule has 186 valence electrons. The van der Waals surface area contributed by atoms with Crippen molar-refractivity contribution in [2.75, 3.05) is 6.61 Å². The number of alkyl halides is 3. The summed E-state index contributed by atoms with van der Waals surface area (Å²) in [6, 6.07) is 12.4. The van der Waals surface area contributed by atoms with Crippen LogP contribution in [0.15, 0.2) is 66.9 Å². The highest BCUT2D eigenvalue weighted by atomic mass is 35.5. The molecule has 2 atom stereocenters. The lowest BCUT2D eigenvalue weighted by Gasteiger charge is -2.36. The molecule has 0 saturated carbocycles. The van der Waals surface area contributed by atoms with Gasteiger partial charge in [-0.25, -0.2) is 9.18 Å². The Balaban J connectivity index is 2.26. The first-order valence-electron chi connectivity index (χ1n) is 10.8. The third-order valence-corrected chi connectivity index (χ3v) is 5.79. The Morgan fingerprint density at radius 2 is 1.77 bits per heavy atom. The number of urea groups is 1. The summed E-state index contributed by atoms with van der Waals surface area (Å²) < 4.78 is 55.4. The normalized spacial score (nSPS) is 14.1. The van der Waals surface area contributed by atoms with Gasteiger partial charge in [0, 0.05) is 12.6 Å². The molecular formula is C25H24ClF4N3O2. The Morgan fingerprint density at radius 3 is 2.34 bits per heavy atom. The van der Waals surface area contributed by atoms with Crippen molar-refractivity contribution in [3.63, 3.8) is 0 Å². The van der Waals surface area contributed by atoms with Crippen molar-refractivity contribution in [2.45, 2.75) is 37.5 Å². The molecule has 1 heterocycles. The molecular weight excluding hydrogens is 486 g/mol. The van der Waals surface area contributed by atoms with Crippen molar-refractivity contribution in [2.24, 2.45) is 0 Å². The zero-order valence-corrected chi connectivity index (χ0v) is 19.5. The summed E-state index contributed by atoms with van der Waals surface area (Å²) in [7, 11) is 0. The van der Waals surface area contributed by atoms with Crippen LogP contribution in [0.4, 0.5) is 22.4 Å². The number of rotatable bonds is 8. The first-order valence-corrected chi connectivity index (χ1v) is 11.2. The molecule has 0 fully saturated rings. The second-order valence-corrected chi connectivity index (χ2v) is 8.48. The number of halogens is 5. The zero-order chi connectivity index (χ0) is 25.6. The van der Waals surface area contributed by atoms with Crippen LogP contribution in [0.3, 0.4) is 0 Å². The fourth-order valence-electron chi connectivity index (χ4n) is 3.74. The van der Waals surface area contributed by atoms with Gasteiger partial charge in [0.2, 0.25) is 0 Å². The third kappa shape index (κ3) is 6.49. The summed E-state index contributed by atoms with van der Waals surface area (Å²) in [5.41, 5.74) is -2.28. The number of aromatic nitrogens is 1. The van der Waals surface area contributed by atoms with Crippen LogP contribution in [-0.4, -0.2) is 28.8 Å². The van der Waals surface area contributed by atoms with Crippen LogP contribution in [0.1, 0.15) is 35.7 Å². The number of aliphatic hydroxyl groups is 1. The van der Waals surface area contributed by atoms with E-state index < -0.39 is 35.2 Å². The number of carbonyl (C=O) groups excluding carboxylic acids is 1. The fourth-order valence-corrected chi connectivity index (χ4v) is 3.85. The molecule has 2 aromatic carbocycles. The molecule has 1 unspecified atom stereocenters. The summed E-state index contributed by atoms with van der Waals surface area (Å²) in [4.78, 5) is 17.3. The quantitative estimate of drug-likeness (QED) is 0.354. The zero-order valence-electron chi connectivity index (χ0n) is 18.7. The van der Waals surface area contributed by atoms with Crippen LogP contribution >= 0.6 is 11.6 Å². The maximum absolute atomic E-state index is 14.6. The SMILES string of the molecule is CCC(CO)NC(=O)N[C@](Cc1ccccc1)(c1cc(F)cc(C(F)(F)F)c1)c1ccc(Cl)cn1. The number of nitrogens with zero attached hydrogens (tertiary/aromatic N) is 1. The van der Waals surface area contributed by atoms with Crippen molar-refractivity contribution >= 4 is 17.6 Å². The molecule has 0 aliphatic rings. The molecule has 10 heteroatoms. The molecule has 0 aliphatic carbocycles. The van der Waals surface area contributed by atoms with Gasteiger partial charge in [-0.3, -0.25) is 4.98 Å². The minimum Gasteiger partial charge on any atom is -0.394 e.